The first kappa shape index (κ1) is 12.0. The molecule has 0 aliphatic rings. The molecule has 1 rings (SSSR count). The third-order valence-electron chi connectivity index (χ3n) is 0.998. The van der Waals surface area contributed by atoms with Crippen LogP contribution in [0.1, 0.15) is 5.56 Å². The van der Waals surface area contributed by atoms with Crippen LogP contribution in [-0.4, -0.2) is 0 Å². The van der Waals surface area contributed by atoms with Crippen LogP contribution in [0, 0.1) is 5.38 Å². The van der Waals surface area contributed by atoms with Crippen LogP contribution in [-0.2, 0) is 22.8 Å². The molecule has 0 N–H and O–H groups in total. The Kier molecular flexibility index (Phi) is 8.37. The summed E-state index contributed by atoms with van der Waals surface area (Å²) in [6.07, 6.45) is 2.82. The quantitative estimate of drug-likeness (QED) is 0.433. The van der Waals surface area contributed by atoms with Gasteiger partial charge >= 0.3 is 30.0 Å². The van der Waals surface area contributed by atoms with Gasteiger partial charge in [0.05, 0.1) is 0 Å². The summed E-state index contributed by atoms with van der Waals surface area (Å²) in [5.74, 6) is 0. The number of hydrogen-bond donors (Lipinski definition) is 0. The van der Waals surface area contributed by atoms with Gasteiger partial charge in [-0.2, -0.15) is 11.6 Å². The predicted molar refractivity (Wildman–Crippen MR) is 53.7 cm³/mol. The Balaban J connectivity index is 0.000000461. The van der Waals surface area contributed by atoms with Crippen molar-refractivity contribution < 1.29 is 16.3 Å². The summed E-state index contributed by atoms with van der Waals surface area (Å²) in [7, 11) is 0. The first-order chi connectivity index (χ1) is 5.34. The molecule has 0 spiro atoms. The predicted octanol–water partition coefficient (Wildman–Crippen LogP) is 3.88. The average molecular weight is 347 g/mol. The van der Waals surface area contributed by atoms with Crippen molar-refractivity contribution in [3.8, 4) is 0 Å². The van der Waals surface area contributed by atoms with Gasteiger partial charge in [-0.25, -0.2) is 0 Å². The van der Waals surface area contributed by atoms with Crippen molar-refractivity contribution in [2.45, 2.75) is 6.42 Å². The van der Waals surface area contributed by atoms with E-state index >= 15 is 0 Å². The third-order valence-corrected chi connectivity index (χ3v) is 2.67. The topological polar surface area (TPSA) is 0 Å². The van der Waals surface area contributed by atoms with E-state index in [1.807, 2.05) is 12.1 Å². The van der Waals surface area contributed by atoms with Gasteiger partial charge in [0.15, 0.2) is 0 Å². The number of allylic oxidation sites excluding steroid dienone is 1. The van der Waals surface area contributed by atoms with Gasteiger partial charge in [0, 0.05) is 0 Å². The zero-order valence-electron chi connectivity index (χ0n) is 5.94. The van der Waals surface area contributed by atoms with Crippen LogP contribution in [0.2, 0.25) is 0 Å². The summed E-state index contributed by atoms with van der Waals surface area (Å²) in [4.78, 5) is 0. The Morgan fingerprint density at radius 1 is 1.73 bits per heavy atom. The molecule has 0 radical (unpaired) electrons. The van der Waals surface area contributed by atoms with Gasteiger partial charge in [0.1, 0.15) is 0 Å². The first-order valence-electron chi connectivity index (χ1n) is 2.86. The Morgan fingerprint density at radius 2 is 2.36 bits per heavy atom. The minimum absolute atomic E-state index is 0.931. The van der Waals surface area contributed by atoms with Crippen LogP contribution in [0.15, 0.2) is 22.5 Å². The molecular weight excluding hydrogens is 341 g/mol. The SMILES string of the molecule is C=CCc1c[c-]sc1Br.[Zn+][Br]. The molecule has 0 bridgehead atoms. The molecule has 0 atom stereocenters. The maximum atomic E-state index is 3.65. The van der Waals surface area contributed by atoms with Gasteiger partial charge < -0.3 is 0 Å². The van der Waals surface area contributed by atoms with E-state index in [1.54, 1.807) is 11.3 Å². The van der Waals surface area contributed by atoms with Crippen LogP contribution in [0.4, 0.5) is 0 Å². The fourth-order valence-corrected chi connectivity index (χ4v) is 1.70. The Labute approximate surface area is 96.2 Å². The molecule has 0 aliphatic heterocycles. The molecule has 0 amide bonds. The van der Waals surface area contributed by atoms with Crippen LogP contribution >= 0.6 is 40.9 Å². The van der Waals surface area contributed by atoms with Crippen molar-refractivity contribution in [1.82, 2.24) is 0 Å². The van der Waals surface area contributed by atoms with Gasteiger partial charge in [0.25, 0.3) is 0 Å². The molecule has 0 aromatic carbocycles. The fourth-order valence-electron chi connectivity index (χ4n) is 0.569. The zero-order chi connectivity index (χ0) is 8.69. The second-order valence-electron chi connectivity index (χ2n) is 1.66. The van der Waals surface area contributed by atoms with Gasteiger partial charge in [-0.15, -0.1) is 27.9 Å². The average Bonchev–Trinajstić information content (AvgIpc) is 2.42. The minimum atomic E-state index is 0.931. The molecule has 11 heavy (non-hydrogen) atoms. The van der Waals surface area contributed by atoms with Gasteiger partial charge in [0.2, 0.25) is 0 Å². The fraction of sp³-hybridized carbons (Fsp3) is 0.143. The third kappa shape index (κ3) is 4.56. The normalized spacial score (nSPS) is 8.36. The summed E-state index contributed by atoms with van der Waals surface area (Å²) in [6.45, 7) is 3.65. The number of halogens is 2. The number of hydrogen-bond acceptors (Lipinski definition) is 1. The molecular formula is C7H6Br2SZn. The van der Waals surface area contributed by atoms with Crippen LogP contribution in [0.25, 0.3) is 0 Å². The molecule has 0 unspecified atom stereocenters. The molecule has 1 heterocycles. The molecule has 56 valence electrons. The Morgan fingerprint density at radius 3 is 2.73 bits per heavy atom. The van der Waals surface area contributed by atoms with Crippen LogP contribution in [0.3, 0.4) is 0 Å². The van der Waals surface area contributed by atoms with E-state index in [1.165, 1.54) is 25.7 Å². The summed E-state index contributed by atoms with van der Waals surface area (Å²) in [6, 6.07) is 1.98. The Bertz CT molecular complexity index is 210. The van der Waals surface area contributed by atoms with E-state index in [9.17, 15) is 0 Å². The number of thiophene rings is 1. The van der Waals surface area contributed by atoms with Crippen molar-refractivity contribution in [1.29, 1.82) is 0 Å². The van der Waals surface area contributed by atoms with Gasteiger partial charge in [-0.05, 0) is 0 Å². The zero-order valence-corrected chi connectivity index (χ0v) is 12.9. The molecule has 1 aromatic rings. The van der Waals surface area contributed by atoms with E-state index in [0.29, 0.717) is 0 Å². The molecule has 1 aromatic heterocycles. The van der Waals surface area contributed by atoms with Gasteiger partial charge in [-0.3, -0.25) is 11.3 Å². The van der Waals surface area contributed by atoms with E-state index < -0.39 is 0 Å². The van der Waals surface area contributed by atoms with Crippen molar-refractivity contribution in [3.05, 3.63) is 33.5 Å². The molecule has 0 aliphatic carbocycles. The van der Waals surface area contributed by atoms with E-state index in [0.717, 1.165) is 6.42 Å². The van der Waals surface area contributed by atoms with Crippen molar-refractivity contribution >= 4 is 40.9 Å². The van der Waals surface area contributed by atoms with Crippen molar-refractivity contribution in [2.75, 3.05) is 0 Å². The Hall–Kier alpha value is 1.02. The van der Waals surface area contributed by atoms with E-state index in [-0.39, 0.29) is 0 Å². The van der Waals surface area contributed by atoms with E-state index in [4.69, 9.17) is 0 Å². The molecule has 0 saturated heterocycles. The molecule has 0 nitrogen and oxygen atoms in total. The molecule has 0 saturated carbocycles. The monoisotopic (exact) mass is 344 g/mol. The second-order valence-corrected chi connectivity index (χ2v) is 3.82. The maximum absolute atomic E-state index is 3.65. The summed E-state index contributed by atoms with van der Waals surface area (Å²) in [5, 5.41) is 3.03. The number of rotatable bonds is 2. The molecule has 4 heteroatoms. The van der Waals surface area contributed by atoms with E-state index in [2.05, 4.69) is 41.5 Å². The van der Waals surface area contributed by atoms with Crippen molar-refractivity contribution in [2.24, 2.45) is 0 Å². The van der Waals surface area contributed by atoms with Crippen molar-refractivity contribution in [3.63, 3.8) is 0 Å². The summed E-state index contributed by atoms with van der Waals surface area (Å²) < 4.78 is 1.17. The summed E-state index contributed by atoms with van der Waals surface area (Å²) in [5.41, 5.74) is 1.27. The second kappa shape index (κ2) is 7.66. The van der Waals surface area contributed by atoms with Gasteiger partial charge in [-0.1, -0.05) is 16.3 Å². The molecule has 0 fully saturated rings. The first-order valence-corrected chi connectivity index (χ1v) is 11.4. The summed E-state index contributed by atoms with van der Waals surface area (Å²) >= 11 is 9.24. The van der Waals surface area contributed by atoms with Crippen LogP contribution < -0.4 is 0 Å². The van der Waals surface area contributed by atoms with Crippen LogP contribution in [0.5, 0.6) is 0 Å². The standard InChI is InChI=1S/C7H6BrS.BrH.Zn/c1-2-3-6-4-5-9-7(6)8;;/h2,4H,1,3H2;1H;/q-1;;+2/p-1.